The Labute approximate surface area is 108 Å². The smallest absolute Gasteiger partial charge is 0.166 e. The predicted molar refractivity (Wildman–Crippen MR) is 72.8 cm³/mol. The second kappa shape index (κ2) is 6.24. The zero-order valence-electron chi connectivity index (χ0n) is 11.4. The minimum atomic E-state index is 0.0107. The van der Waals surface area contributed by atoms with Crippen LogP contribution in [-0.4, -0.2) is 19.5 Å². The molecule has 3 nitrogen and oxygen atoms in total. The first-order chi connectivity index (χ1) is 8.54. The summed E-state index contributed by atoms with van der Waals surface area (Å²) in [6, 6.07) is 3.50. The lowest BCUT2D eigenvalue weighted by Crippen LogP contribution is -2.11. The highest BCUT2D eigenvalue weighted by Gasteiger charge is 2.19. The van der Waals surface area contributed by atoms with E-state index in [1.54, 1.807) is 25.3 Å². The van der Waals surface area contributed by atoms with Crippen LogP contribution in [0, 0.1) is 0 Å². The highest BCUT2D eigenvalue weighted by Crippen LogP contribution is 2.38. The molecule has 0 aliphatic rings. The first kappa shape index (κ1) is 14.3. The van der Waals surface area contributed by atoms with Gasteiger partial charge in [0.15, 0.2) is 11.5 Å². The van der Waals surface area contributed by atoms with Crippen LogP contribution < -0.4 is 9.47 Å². The average Bonchev–Trinajstić information content (AvgIpc) is 2.36. The van der Waals surface area contributed by atoms with Crippen molar-refractivity contribution in [2.75, 3.05) is 7.11 Å². The van der Waals surface area contributed by atoms with Crippen LogP contribution >= 0.6 is 0 Å². The molecule has 0 heterocycles. The van der Waals surface area contributed by atoms with Gasteiger partial charge < -0.3 is 9.47 Å². The van der Waals surface area contributed by atoms with Crippen LogP contribution in [0.2, 0.25) is 0 Å². The highest BCUT2D eigenvalue weighted by molar-refractivity contribution is 5.80. The number of hydrogen-bond acceptors (Lipinski definition) is 3. The van der Waals surface area contributed by atoms with Gasteiger partial charge in [-0.05, 0) is 26.0 Å². The van der Waals surface area contributed by atoms with E-state index in [1.165, 1.54) is 0 Å². The van der Waals surface area contributed by atoms with Gasteiger partial charge in [-0.15, -0.1) is 6.58 Å². The van der Waals surface area contributed by atoms with Crippen molar-refractivity contribution in [2.45, 2.75) is 32.8 Å². The van der Waals surface area contributed by atoms with Crippen LogP contribution in [0.15, 0.2) is 24.8 Å². The number of hydrogen-bond donors (Lipinski definition) is 0. The van der Waals surface area contributed by atoms with Crippen molar-refractivity contribution < 1.29 is 14.3 Å². The molecular weight excluding hydrogens is 228 g/mol. The Bertz CT molecular complexity index is 436. The number of carbonyl (C=O) groups excluding carboxylic acids is 1. The SMILES string of the molecule is C=C[C@H](C)c1c(C=O)ccc(OC)c1OC(C)C. The number of carbonyl (C=O) groups is 1. The fraction of sp³-hybridized carbons (Fsp3) is 0.400. The van der Waals surface area contributed by atoms with Crippen molar-refractivity contribution in [3.8, 4) is 11.5 Å². The maximum absolute atomic E-state index is 11.2. The van der Waals surface area contributed by atoms with Crippen LogP contribution in [0.4, 0.5) is 0 Å². The number of rotatable bonds is 6. The van der Waals surface area contributed by atoms with E-state index >= 15 is 0 Å². The molecule has 0 aliphatic carbocycles. The lowest BCUT2D eigenvalue weighted by atomic mass is 9.94. The molecule has 0 aromatic heterocycles. The molecule has 0 N–H and O–H groups in total. The number of allylic oxidation sites excluding steroid dienone is 1. The summed E-state index contributed by atoms with van der Waals surface area (Å²) in [4.78, 5) is 11.2. The fourth-order valence-corrected chi connectivity index (χ4v) is 1.80. The number of ether oxygens (including phenoxy) is 2. The maximum atomic E-state index is 11.2. The maximum Gasteiger partial charge on any atom is 0.166 e. The molecule has 0 radical (unpaired) electrons. The van der Waals surface area contributed by atoms with Crippen molar-refractivity contribution in [1.82, 2.24) is 0 Å². The first-order valence-electron chi connectivity index (χ1n) is 6.00. The van der Waals surface area contributed by atoms with Crippen molar-refractivity contribution in [3.63, 3.8) is 0 Å². The van der Waals surface area contributed by atoms with E-state index in [9.17, 15) is 4.79 Å². The topological polar surface area (TPSA) is 35.5 Å². The molecule has 1 atom stereocenters. The summed E-state index contributed by atoms with van der Waals surface area (Å²) < 4.78 is 11.1. The van der Waals surface area contributed by atoms with Gasteiger partial charge in [-0.3, -0.25) is 4.79 Å². The zero-order valence-corrected chi connectivity index (χ0v) is 11.4. The quantitative estimate of drug-likeness (QED) is 0.570. The Balaban J connectivity index is 3.46. The van der Waals surface area contributed by atoms with Gasteiger partial charge in [-0.25, -0.2) is 0 Å². The number of methoxy groups -OCH3 is 1. The number of benzene rings is 1. The van der Waals surface area contributed by atoms with E-state index in [0.717, 1.165) is 11.8 Å². The summed E-state index contributed by atoms with van der Waals surface area (Å²) in [7, 11) is 1.59. The molecule has 0 bridgehead atoms. The molecule has 1 aromatic rings. The van der Waals surface area contributed by atoms with Gasteiger partial charge in [0, 0.05) is 17.0 Å². The minimum absolute atomic E-state index is 0.0107. The third-order valence-corrected chi connectivity index (χ3v) is 2.70. The molecule has 0 spiro atoms. The fourth-order valence-electron chi connectivity index (χ4n) is 1.80. The van der Waals surface area contributed by atoms with Crippen LogP contribution in [0.5, 0.6) is 11.5 Å². The number of aldehydes is 1. The Morgan fingerprint density at radius 2 is 1.94 bits per heavy atom. The first-order valence-corrected chi connectivity index (χ1v) is 6.00. The molecule has 0 saturated heterocycles. The van der Waals surface area contributed by atoms with E-state index < -0.39 is 0 Å². The van der Waals surface area contributed by atoms with Crippen LogP contribution in [-0.2, 0) is 0 Å². The van der Waals surface area contributed by atoms with Crippen molar-refractivity contribution >= 4 is 6.29 Å². The van der Waals surface area contributed by atoms with E-state index in [1.807, 2.05) is 20.8 Å². The van der Waals surface area contributed by atoms with E-state index in [-0.39, 0.29) is 12.0 Å². The van der Waals surface area contributed by atoms with Gasteiger partial charge in [-0.2, -0.15) is 0 Å². The van der Waals surface area contributed by atoms with Gasteiger partial charge in [-0.1, -0.05) is 13.0 Å². The zero-order chi connectivity index (χ0) is 13.7. The largest absolute Gasteiger partial charge is 0.493 e. The van der Waals surface area contributed by atoms with Gasteiger partial charge in [0.25, 0.3) is 0 Å². The summed E-state index contributed by atoms with van der Waals surface area (Å²) >= 11 is 0. The molecule has 98 valence electrons. The second-order valence-corrected chi connectivity index (χ2v) is 4.41. The summed E-state index contributed by atoms with van der Waals surface area (Å²) in [5.41, 5.74) is 1.44. The molecule has 0 amide bonds. The summed E-state index contributed by atoms with van der Waals surface area (Å²) in [6.07, 6.45) is 2.63. The minimum Gasteiger partial charge on any atom is -0.493 e. The van der Waals surface area contributed by atoms with Crippen molar-refractivity contribution in [2.24, 2.45) is 0 Å². The van der Waals surface area contributed by atoms with Crippen molar-refractivity contribution in [1.29, 1.82) is 0 Å². The normalized spacial score (nSPS) is 12.1. The van der Waals surface area contributed by atoms with Gasteiger partial charge in [0.05, 0.1) is 13.2 Å². The summed E-state index contributed by atoms with van der Waals surface area (Å²) in [6.45, 7) is 9.63. The van der Waals surface area contributed by atoms with E-state index in [4.69, 9.17) is 9.47 Å². The Morgan fingerprint density at radius 3 is 2.39 bits per heavy atom. The molecule has 0 aliphatic heterocycles. The van der Waals surface area contributed by atoms with Crippen molar-refractivity contribution in [3.05, 3.63) is 35.9 Å². The lowest BCUT2D eigenvalue weighted by molar-refractivity contribution is 0.112. The van der Waals surface area contributed by atoms with Gasteiger partial charge in [0.2, 0.25) is 0 Å². The van der Waals surface area contributed by atoms with Gasteiger partial charge >= 0.3 is 0 Å². The average molecular weight is 248 g/mol. The second-order valence-electron chi connectivity index (χ2n) is 4.41. The Kier molecular flexibility index (Phi) is 4.95. The predicted octanol–water partition coefficient (Wildman–Crippen LogP) is 3.58. The molecule has 0 fully saturated rings. The monoisotopic (exact) mass is 248 g/mol. The highest BCUT2D eigenvalue weighted by atomic mass is 16.5. The van der Waals surface area contributed by atoms with Gasteiger partial charge in [0.1, 0.15) is 6.29 Å². The third kappa shape index (κ3) is 2.92. The Morgan fingerprint density at radius 1 is 1.28 bits per heavy atom. The van der Waals surface area contributed by atoms with Crippen LogP contribution in [0.3, 0.4) is 0 Å². The molecular formula is C15H20O3. The summed E-state index contributed by atoms with van der Waals surface area (Å²) in [5, 5.41) is 0. The molecule has 0 saturated carbocycles. The molecule has 0 unspecified atom stereocenters. The Hall–Kier alpha value is -1.77. The van der Waals surface area contributed by atoms with E-state index in [0.29, 0.717) is 17.1 Å². The standard InChI is InChI=1S/C15H20O3/c1-6-11(4)14-12(9-16)7-8-13(17-5)15(14)18-10(2)3/h6-11H,1H2,2-5H3/t11-/m0/s1. The molecule has 1 rings (SSSR count). The van der Waals surface area contributed by atoms with E-state index in [2.05, 4.69) is 6.58 Å². The molecule has 3 heteroatoms. The van der Waals surface area contributed by atoms with Crippen LogP contribution in [0.25, 0.3) is 0 Å². The van der Waals surface area contributed by atoms with Crippen LogP contribution in [0.1, 0.15) is 42.6 Å². The molecule has 18 heavy (non-hydrogen) atoms. The third-order valence-electron chi connectivity index (χ3n) is 2.70. The lowest BCUT2D eigenvalue weighted by Gasteiger charge is -2.21. The molecule has 1 aromatic carbocycles. The summed E-state index contributed by atoms with van der Waals surface area (Å²) in [5.74, 6) is 1.29.